The summed E-state index contributed by atoms with van der Waals surface area (Å²) in [6, 6.07) is 21.5. The molecule has 1 N–H and O–H groups in total. The van der Waals surface area contributed by atoms with E-state index in [0.717, 1.165) is 42.0 Å². The molecule has 1 saturated carbocycles. The van der Waals surface area contributed by atoms with Crippen LogP contribution in [0.5, 0.6) is 0 Å². The Labute approximate surface area is 195 Å². The van der Waals surface area contributed by atoms with Crippen molar-refractivity contribution >= 4 is 17.6 Å². The van der Waals surface area contributed by atoms with Gasteiger partial charge in [0.05, 0.1) is 6.54 Å². The SMILES string of the molecule is Cc1ccc(CN(CCc2ccccc2)C(=O)CN(C(=O)Nc2ccccc2C)C2CC2)o1. The number of nitrogens with one attached hydrogen (secondary N) is 1. The fourth-order valence-electron chi connectivity index (χ4n) is 3.86. The standard InChI is InChI=1S/C27H31N3O3/c1-20-8-6-7-11-25(20)28-27(32)30(23-13-14-23)19-26(31)29(18-24-15-12-21(2)33-24)17-16-22-9-4-3-5-10-22/h3-12,15,23H,13-14,16-19H2,1-2H3,(H,28,32). The second kappa shape index (κ2) is 10.4. The second-order valence-corrected chi connectivity index (χ2v) is 8.67. The van der Waals surface area contributed by atoms with E-state index in [0.29, 0.717) is 13.1 Å². The van der Waals surface area contributed by atoms with E-state index >= 15 is 0 Å². The largest absolute Gasteiger partial charge is 0.464 e. The number of anilines is 1. The van der Waals surface area contributed by atoms with Crippen LogP contribution in [0.2, 0.25) is 0 Å². The molecule has 0 spiro atoms. The van der Waals surface area contributed by atoms with Crippen LogP contribution in [0.4, 0.5) is 10.5 Å². The summed E-state index contributed by atoms with van der Waals surface area (Å²) >= 11 is 0. The number of aryl methyl sites for hydroxylation is 2. The lowest BCUT2D eigenvalue weighted by Crippen LogP contribution is -2.45. The molecule has 1 heterocycles. The number of amides is 3. The zero-order valence-electron chi connectivity index (χ0n) is 19.3. The first kappa shape index (κ1) is 22.6. The number of rotatable bonds is 9. The van der Waals surface area contributed by atoms with Gasteiger partial charge in [-0.3, -0.25) is 4.79 Å². The van der Waals surface area contributed by atoms with E-state index in [1.807, 2.05) is 68.4 Å². The van der Waals surface area contributed by atoms with Gasteiger partial charge in [0.1, 0.15) is 18.1 Å². The summed E-state index contributed by atoms with van der Waals surface area (Å²) < 4.78 is 5.73. The van der Waals surface area contributed by atoms with E-state index in [2.05, 4.69) is 17.4 Å². The van der Waals surface area contributed by atoms with Gasteiger partial charge in [-0.1, -0.05) is 48.5 Å². The second-order valence-electron chi connectivity index (χ2n) is 8.67. The van der Waals surface area contributed by atoms with Crippen molar-refractivity contribution in [1.82, 2.24) is 9.80 Å². The van der Waals surface area contributed by atoms with Crippen molar-refractivity contribution in [2.45, 2.75) is 45.7 Å². The van der Waals surface area contributed by atoms with Gasteiger partial charge in [-0.15, -0.1) is 0 Å². The van der Waals surface area contributed by atoms with Crippen LogP contribution >= 0.6 is 0 Å². The average molecular weight is 446 g/mol. The van der Waals surface area contributed by atoms with Gasteiger partial charge in [0.15, 0.2) is 0 Å². The maximum Gasteiger partial charge on any atom is 0.322 e. The molecule has 2 aromatic carbocycles. The molecule has 0 aliphatic heterocycles. The van der Waals surface area contributed by atoms with E-state index < -0.39 is 0 Å². The Bertz CT molecular complexity index is 1090. The van der Waals surface area contributed by atoms with Crippen molar-refractivity contribution in [3.63, 3.8) is 0 Å². The summed E-state index contributed by atoms with van der Waals surface area (Å²) in [5.74, 6) is 1.49. The van der Waals surface area contributed by atoms with E-state index in [1.54, 1.807) is 9.80 Å². The lowest BCUT2D eigenvalue weighted by molar-refractivity contribution is -0.132. The normalized spacial score (nSPS) is 12.9. The molecule has 0 unspecified atom stereocenters. The third kappa shape index (κ3) is 6.25. The quantitative estimate of drug-likeness (QED) is 0.494. The lowest BCUT2D eigenvalue weighted by atomic mass is 10.1. The minimum atomic E-state index is -0.225. The highest BCUT2D eigenvalue weighted by Crippen LogP contribution is 2.28. The number of urea groups is 1. The zero-order chi connectivity index (χ0) is 23.2. The van der Waals surface area contributed by atoms with Crippen LogP contribution in [-0.4, -0.2) is 40.9 Å². The predicted molar refractivity (Wildman–Crippen MR) is 129 cm³/mol. The Hall–Kier alpha value is -3.54. The smallest absolute Gasteiger partial charge is 0.322 e. The minimum Gasteiger partial charge on any atom is -0.464 e. The molecule has 0 saturated heterocycles. The fourth-order valence-corrected chi connectivity index (χ4v) is 3.86. The number of para-hydroxylation sites is 1. The molecule has 1 aromatic heterocycles. The molecule has 33 heavy (non-hydrogen) atoms. The Morgan fingerprint density at radius 3 is 2.36 bits per heavy atom. The first-order valence-electron chi connectivity index (χ1n) is 11.5. The number of hydrogen-bond donors (Lipinski definition) is 1. The third-order valence-corrected chi connectivity index (χ3v) is 5.95. The molecule has 172 valence electrons. The molecule has 1 aliphatic carbocycles. The fraction of sp³-hybridized carbons (Fsp3) is 0.333. The zero-order valence-corrected chi connectivity index (χ0v) is 19.3. The molecule has 6 heteroatoms. The number of carbonyl (C=O) groups excluding carboxylic acids is 2. The average Bonchev–Trinajstić information content (AvgIpc) is 3.57. The van der Waals surface area contributed by atoms with E-state index in [-0.39, 0.29) is 24.5 Å². The van der Waals surface area contributed by atoms with E-state index in [4.69, 9.17) is 4.42 Å². The molecule has 1 aliphatic rings. The first-order chi connectivity index (χ1) is 16.0. The van der Waals surface area contributed by atoms with Crippen molar-refractivity contribution in [2.24, 2.45) is 0 Å². The summed E-state index contributed by atoms with van der Waals surface area (Å²) in [6.07, 6.45) is 2.59. The van der Waals surface area contributed by atoms with Crippen molar-refractivity contribution < 1.29 is 14.0 Å². The number of carbonyl (C=O) groups is 2. The molecule has 3 aromatic rings. The van der Waals surface area contributed by atoms with Crippen LogP contribution in [0.15, 0.2) is 71.1 Å². The van der Waals surface area contributed by atoms with Gasteiger partial charge in [-0.05, 0) is 62.4 Å². The number of furan rings is 1. The van der Waals surface area contributed by atoms with Gasteiger partial charge in [-0.25, -0.2) is 4.79 Å². The molecule has 0 radical (unpaired) electrons. The van der Waals surface area contributed by atoms with Gasteiger partial charge >= 0.3 is 6.03 Å². The topological polar surface area (TPSA) is 65.8 Å². The third-order valence-electron chi connectivity index (χ3n) is 5.95. The van der Waals surface area contributed by atoms with E-state index in [9.17, 15) is 9.59 Å². The van der Waals surface area contributed by atoms with Crippen LogP contribution in [-0.2, 0) is 17.8 Å². The highest BCUT2D eigenvalue weighted by atomic mass is 16.3. The molecule has 3 amide bonds. The summed E-state index contributed by atoms with van der Waals surface area (Å²) in [4.78, 5) is 29.9. The van der Waals surface area contributed by atoms with Crippen molar-refractivity contribution in [3.8, 4) is 0 Å². The predicted octanol–water partition coefficient (Wildman–Crippen LogP) is 5.16. The van der Waals surface area contributed by atoms with Gasteiger partial charge < -0.3 is 19.5 Å². The molecule has 1 fully saturated rings. The lowest BCUT2D eigenvalue weighted by Gasteiger charge is -2.27. The molecular weight excluding hydrogens is 414 g/mol. The number of benzene rings is 2. The van der Waals surface area contributed by atoms with Crippen LogP contribution in [0.3, 0.4) is 0 Å². The minimum absolute atomic E-state index is 0.0524. The van der Waals surface area contributed by atoms with Gasteiger partial charge in [0.25, 0.3) is 0 Å². The van der Waals surface area contributed by atoms with Crippen LogP contribution in [0.1, 0.15) is 35.5 Å². The monoisotopic (exact) mass is 445 g/mol. The van der Waals surface area contributed by atoms with Crippen LogP contribution in [0, 0.1) is 13.8 Å². The van der Waals surface area contributed by atoms with Crippen molar-refractivity contribution in [1.29, 1.82) is 0 Å². The van der Waals surface area contributed by atoms with Crippen LogP contribution < -0.4 is 5.32 Å². The molecule has 0 bridgehead atoms. The number of hydrogen-bond acceptors (Lipinski definition) is 3. The Morgan fingerprint density at radius 2 is 1.70 bits per heavy atom. The van der Waals surface area contributed by atoms with Crippen molar-refractivity contribution in [3.05, 3.63) is 89.4 Å². The molecule has 4 rings (SSSR count). The van der Waals surface area contributed by atoms with Crippen molar-refractivity contribution in [2.75, 3.05) is 18.4 Å². The Kier molecular flexibility index (Phi) is 7.13. The maximum absolute atomic E-state index is 13.4. The summed E-state index contributed by atoms with van der Waals surface area (Å²) in [6.45, 7) is 4.85. The molecule has 6 nitrogen and oxygen atoms in total. The maximum atomic E-state index is 13.4. The van der Waals surface area contributed by atoms with Gasteiger partial charge in [-0.2, -0.15) is 0 Å². The summed E-state index contributed by atoms with van der Waals surface area (Å²) in [5, 5.41) is 2.98. The highest BCUT2D eigenvalue weighted by Gasteiger charge is 2.35. The van der Waals surface area contributed by atoms with E-state index in [1.165, 1.54) is 5.56 Å². The Morgan fingerprint density at radius 1 is 0.970 bits per heavy atom. The molecule has 0 atom stereocenters. The summed E-state index contributed by atoms with van der Waals surface area (Å²) in [5.41, 5.74) is 2.93. The summed E-state index contributed by atoms with van der Waals surface area (Å²) in [7, 11) is 0. The van der Waals surface area contributed by atoms with Gasteiger partial charge in [0.2, 0.25) is 5.91 Å². The van der Waals surface area contributed by atoms with Crippen LogP contribution in [0.25, 0.3) is 0 Å². The molecular formula is C27H31N3O3. The Balaban J connectivity index is 1.46. The number of nitrogens with zero attached hydrogens (tertiary/aromatic N) is 2. The first-order valence-corrected chi connectivity index (χ1v) is 11.5. The highest BCUT2D eigenvalue weighted by molar-refractivity contribution is 5.93. The van der Waals surface area contributed by atoms with Gasteiger partial charge in [0, 0.05) is 18.3 Å².